The number of ether oxygens (including phenoxy) is 3. The molecule has 9 heteroatoms. The van der Waals surface area contributed by atoms with Crippen molar-refractivity contribution in [2.75, 3.05) is 56.9 Å². The van der Waals surface area contributed by atoms with E-state index < -0.39 is 0 Å². The lowest BCUT2D eigenvalue weighted by atomic mass is 9.94. The molecule has 2 aliphatic rings. The Morgan fingerprint density at radius 2 is 0.875 bits per heavy atom. The SMILES string of the molecule is CN(C)CCCC(=O)OC(CCCCCOC(=O)C1CCCCCCCSCCCCCC1)CCCCCOC(=O)C1CCCCCCCSCCCCCC1. The van der Waals surface area contributed by atoms with E-state index in [0.29, 0.717) is 19.6 Å². The molecule has 0 saturated carbocycles. The van der Waals surface area contributed by atoms with Crippen LogP contribution < -0.4 is 0 Å². The fourth-order valence-electron chi connectivity index (χ4n) is 8.04. The van der Waals surface area contributed by atoms with Crippen LogP contribution in [0.5, 0.6) is 0 Å². The molecule has 0 aliphatic carbocycles. The van der Waals surface area contributed by atoms with Crippen LogP contribution in [0.25, 0.3) is 0 Å². The Hall–Kier alpha value is -0.930. The van der Waals surface area contributed by atoms with Gasteiger partial charge in [-0.3, -0.25) is 14.4 Å². The fraction of sp³-hybridized carbons (Fsp3) is 0.936. The minimum atomic E-state index is -0.102. The van der Waals surface area contributed by atoms with Gasteiger partial charge in [-0.25, -0.2) is 0 Å². The summed E-state index contributed by atoms with van der Waals surface area (Å²) in [7, 11) is 4.05. The van der Waals surface area contributed by atoms with E-state index in [1.54, 1.807) is 0 Å². The number of rotatable bonds is 19. The summed E-state index contributed by atoms with van der Waals surface area (Å²) in [5.74, 6) is 5.21. The molecule has 2 heterocycles. The Morgan fingerprint density at radius 3 is 1.27 bits per heavy atom. The fourth-order valence-corrected chi connectivity index (χ4v) is 10.1. The molecule has 0 aromatic rings. The van der Waals surface area contributed by atoms with E-state index in [4.69, 9.17) is 14.2 Å². The average Bonchev–Trinajstić information content (AvgIpc) is 3.20. The molecule has 2 fully saturated rings. The molecule has 7 nitrogen and oxygen atoms in total. The number of hydrogen-bond donors (Lipinski definition) is 0. The second kappa shape index (κ2) is 37.1. The zero-order valence-electron chi connectivity index (χ0n) is 36.5. The van der Waals surface area contributed by atoms with Gasteiger partial charge in [-0.05, 0) is 153 Å². The molecule has 328 valence electrons. The zero-order valence-corrected chi connectivity index (χ0v) is 38.2. The van der Waals surface area contributed by atoms with Crippen LogP contribution in [0.3, 0.4) is 0 Å². The van der Waals surface area contributed by atoms with Gasteiger partial charge in [-0.1, -0.05) is 89.9 Å². The van der Waals surface area contributed by atoms with Gasteiger partial charge in [0.05, 0.1) is 25.0 Å². The molecule has 2 saturated heterocycles. The van der Waals surface area contributed by atoms with Crippen LogP contribution in [-0.2, 0) is 28.6 Å². The van der Waals surface area contributed by atoms with Crippen LogP contribution in [-0.4, -0.2) is 85.8 Å². The highest BCUT2D eigenvalue weighted by atomic mass is 32.2. The van der Waals surface area contributed by atoms with E-state index in [2.05, 4.69) is 28.4 Å². The van der Waals surface area contributed by atoms with Crippen molar-refractivity contribution in [2.45, 2.75) is 212 Å². The van der Waals surface area contributed by atoms with Crippen molar-refractivity contribution in [3.8, 4) is 0 Å². The molecule has 2 unspecified atom stereocenters. The molecular weight excluding hydrogens is 739 g/mol. The predicted octanol–water partition coefficient (Wildman–Crippen LogP) is 12.8. The highest BCUT2D eigenvalue weighted by molar-refractivity contribution is 7.99. The van der Waals surface area contributed by atoms with E-state index in [1.165, 1.54) is 113 Å². The third kappa shape index (κ3) is 30.2. The van der Waals surface area contributed by atoms with Gasteiger partial charge < -0.3 is 19.1 Å². The van der Waals surface area contributed by atoms with Crippen molar-refractivity contribution in [1.82, 2.24) is 4.90 Å². The largest absolute Gasteiger partial charge is 0.465 e. The average molecular weight is 826 g/mol. The molecule has 0 aromatic carbocycles. The van der Waals surface area contributed by atoms with Crippen LogP contribution in [0.1, 0.15) is 205 Å². The normalized spacial score (nSPS) is 21.7. The molecule has 2 rings (SSSR count). The standard InChI is InChI=1S/C47H87NO6S2/c1-48(2)35-27-34-45(49)54-44(32-19-13-21-36-52-46(50)42-28-15-5-3-9-23-38-55-40-25-11-7-17-30-42)33-20-14-22-37-53-47(51)43-29-16-6-4-10-24-39-56-41-26-12-8-18-31-43/h42-44H,3-41H2,1-2H3. The molecule has 0 bridgehead atoms. The molecule has 0 radical (unpaired) electrons. The summed E-state index contributed by atoms with van der Waals surface area (Å²) in [5, 5.41) is 0. The quantitative estimate of drug-likeness (QED) is 0.0718. The topological polar surface area (TPSA) is 82.1 Å². The molecule has 56 heavy (non-hydrogen) atoms. The second-order valence-electron chi connectivity index (χ2n) is 17.2. The zero-order chi connectivity index (χ0) is 40.2. The number of nitrogens with zero attached hydrogens (tertiary/aromatic N) is 1. The third-order valence-electron chi connectivity index (χ3n) is 11.6. The van der Waals surface area contributed by atoms with E-state index >= 15 is 0 Å². The summed E-state index contributed by atoms with van der Waals surface area (Å²) in [4.78, 5) is 41.0. The summed E-state index contributed by atoms with van der Waals surface area (Å²) >= 11 is 4.23. The number of unbranched alkanes of at least 4 members (excludes halogenated alkanes) is 4. The summed E-state index contributed by atoms with van der Waals surface area (Å²) in [5.41, 5.74) is 0. The minimum Gasteiger partial charge on any atom is -0.465 e. The number of thioether (sulfide) groups is 2. The van der Waals surface area contributed by atoms with Crippen LogP contribution in [0, 0.1) is 11.8 Å². The molecule has 0 amide bonds. The Balaban J connectivity index is 1.71. The van der Waals surface area contributed by atoms with Crippen molar-refractivity contribution < 1.29 is 28.6 Å². The maximum atomic E-state index is 13.1. The molecule has 0 spiro atoms. The molecule has 2 atom stereocenters. The molecular formula is C47H87NO6S2. The first-order chi connectivity index (χ1) is 27.5. The number of hydrogen-bond acceptors (Lipinski definition) is 9. The minimum absolute atomic E-state index is 0.0155. The Labute approximate surface area is 353 Å². The van der Waals surface area contributed by atoms with Gasteiger partial charge in [0.15, 0.2) is 0 Å². The summed E-state index contributed by atoms with van der Waals surface area (Å²) in [6, 6.07) is 0. The van der Waals surface area contributed by atoms with Crippen molar-refractivity contribution in [1.29, 1.82) is 0 Å². The predicted molar refractivity (Wildman–Crippen MR) is 240 cm³/mol. The van der Waals surface area contributed by atoms with Gasteiger partial charge in [-0.15, -0.1) is 0 Å². The summed E-state index contributed by atoms with van der Waals surface area (Å²) < 4.78 is 17.7. The lowest BCUT2D eigenvalue weighted by Crippen LogP contribution is -2.21. The Kier molecular flexibility index (Phi) is 33.9. The summed E-state index contributed by atoms with van der Waals surface area (Å²) in [6.07, 6.45) is 34.6. The van der Waals surface area contributed by atoms with E-state index in [0.717, 1.165) is 116 Å². The van der Waals surface area contributed by atoms with E-state index in [9.17, 15) is 14.4 Å². The first-order valence-electron chi connectivity index (χ1n) is 23.8. The van der Waals surface area contributed by atoms with E-state index in [-0.39, 0.29) is 35.8 Å². The van der Waals surface area contributed by atoms with Crippen LogP contribution in [0.2, 0.25) is 0 Å². The number of esters is 3. The monoisotopic (exact) mass is 826 g/mol. The molecule has 0 aromatic heterocycles. The van der Waals surface area contributed by atoms with Gasteiger partial charge in [0.2, 0.25) is 0 Å². The lowest BCUT2D eigenvalue weighted by Gasteiger charge is -2.19. The summed E-state index contributed by atoms with van der Waals surface area (Å²) in [6.45, 7) is 1.85. The van der Waals surface area contributed by atoms with Gasteiger partial charge >= 0.3 is 17.9 Å². The molecule has 2 aliphatic heterocycles. The number of carbonyl (C=O) groups excluding carboxylic acids is 3. The van der Waals surface area contributed by atoms with Crippen molar-refractivity contribution in [2.24, 2.45) is 11.8 Å². The van der Waals surface area contributed by atoms with Gasteiger partial charge in [0, 0.05) is 6.42 Å². The first kappa shape index (κ1) is 51.2. The molecule has 0 N–H and O–H groups in total. The van der Waals surface area contributed by atoms with Gasteiger partial charge in [0.1, 0.15) is 6.10 Å². The first-order valence-corrected chi connectivity index (χ1v) is 26.1. The smallest absolute Gasteiger partial charge is 0.308 e. The lowest BCUT2D eigenvalue weighted by molar-refractivity contribution is -0.151. The second-order valence-corrected chi connectivity index (χ2v) is 19.6. The van der Waals surface area contributed by atoms with Crippen molar-refractivity contribution in [3.63, 3.8) is 0 Å². The highest BCUT2D eigenvalue weighted by Gasteiger charge is 2.21. The Morgan fingerprint density at radius 1 is 0.500 bits per heavy atom. The maximum Gasteiger partial charge on any atom is 0.308 e. The Bertz CT molecular complexity index is 860. The van der Waals surface area contributed by atoms with Crippen molar-refractivity contribution >= 4 is 41.4 Å². The third-order valence-corrected chi connectivity index (χ3v) is 14.0. The van der Waals surface area contributed by atoms with Crippen LogP contribution in [0.15, 0.2) is 0 Å². The van der Waals surface area contributed by atoms with Crippen LogP contribution in [0.4, 0.5) is 0 Å². The van der Waals surface area contributed by atoms with Crippen LogP contribution >= 0.6 is 23.5 Å². The maximum absolute atomic E-state index is 13.1. The van der Waals surface area contributed by atoms with Gasteiger partial charge in [-0.2, -0.15) is 23.5 Å². The van der Waals surface area contributed by atoms with Gasteiger partial charge in [0.25, 0.3) is 0 Å². The van der Waals surface area contributed by atoms with Crippen molar-refractivity contribution in [3.05, 3.63) is 0 Å². The number of carbonyl (C=O) groups is 3. The highest BCUT2D eigenvalue weighted by Crippen LogP contribution is 2.24. The van der Waals surface area contributed by atoms with E-state index in [1.807, 2.05) is 14.1 Å².